The standard InChI is InChI=1S/C23H22N2O3S/c1-28-20-9-5-8-19(15-20)25-23(27)16-29-21-12-10-18(11-13-21)24-22(26)14-17-6-3-2-4-7-17/h2-13,15H,14,16H2,1H3,(H,24,26)(H,25,27). The Bertz CT molecular complexity index is 959. The van der Waals surface area contributed by atoms with Gasteiger partial charge in [0, 0.05) is 22.3 Å². The first-order chi connectivity index (χ1) is 14.1. The van der Waals surface area contributed by atoms with Crippen molar-refractivity contribution >= 4 is 35.0 Å². The second-order valence-corrected chi connectivity index (χ2v) is 7.35. The van der Waals surface area contributed by atoms with E-state index in [-0.39, 0.29) is 17.6 Å². The van der Waals surface area contributed by atoms with E-state index in [9.17, 15) is 9.59 Å². The third-order valence-electron chi connectivity index (χ3n) is 4.07. The summed E-state index contributed by atoms with van der Waals surface area (Å²) in [5.74, 6) is 0.829. The number of benzene rings is 3. The van der Waals surface area contributed by atoms with Crippen LogP contribution in [0.5, 0.6) is 5.75 Å². The molecule has 148 valence electrons. The molecular formula is C23H22N2O3S. The van der Waals surface area contributed by atoms with Crippen LogP contribution in [0.25, 0.3) is 0 Å². The van der Waals surface area contributed by atoms with Gasteiger partial charge >= 0.3 is 0 Å². The maximum absolute atomic E-state index is 12.1. The van der Waals surface area contributed by atoms with Crippen LogP contribution in [0.3, 0.4) is 0 Å². The van der Waals surface area contributed by atoms with Crippen LogP contribution in [-0.2, 0) is 16.0 Å². The fourth-order valence-corrected chi connectivity index (χ4v) is 3.37. The van der Waals surface area contributed by atoms with Gasteiger partial charge in [0.15, 0.2) is 0 Å². The average molecular weight is 407 g/mol. The summed E-state index contributed by atoms with van der Waals surface area (Å²) in [6.45, 7) is 0. The number of thioether (sulfide) groups is 1. The van der Waals surface area contributed by atoms with Gasteiger partial charge in [-0.1, -0.05) is 36.4 Å². The SMILES string of the molecule is COc1cccc(NC(=O)CSc2ccc(NC(=O)Cc3ccccc3)cc2)c1. The van der Waals surface area contributed by atoms with Gasteiger partial charge in [-0.05, 0) is 42.0 Å². The quantitative estimate of drug-likeness (QED) is 0.536. The van der Waals surface area contributed by atoms with E-state index in [2.05, 4.69) is 10.6 Å². The lowest BCUT2D eigenvalue weighted by Gasteiger charge is -2.08. The van der Waals surface area contributed by atoms with Crippen LogP contribution in [0.2, 0.25) is 0 Å². The molecule has 0 bridgehead atoms. The van der Waals surface area contributed by atoms with Crippen molar-refractivity contribution in [1.82, 2.24) is 0 Å². The summed E-state index contributed by atoms with van der Waals surface area (Å²) in [4.78, 5) is 25.2. The first-order valence-electron chi connectivity index (χ1n) is 9.13. The van der Waals surface area contributed by atoms with Crippen LogP contribution >= 0.6 is 11.8 Å². The van der Waals surface area contributed by atoms with Crippen LogP contribution in [0.1, 0.15) is 5.56 Å². The number of carbonyl (C=O) groups is 2. The predicted octanol–water partition coefficient (Wildman–Crippen LogP) is 4.61. The van der Waals surface area contributed by atoms with E-state index in [1.807, 2.05) is 72.8 Å². The second kappa shape index (κ2) is 10.3. The van der Waals surface area contributed by atoms with Crippen molar-refractivity contribution in [3.63, 3.8) is 0 Å². The van der Waals surface area contributed by atoms with Crippen molar-refractivity contribution in [3.05, 3.63) is 84.4 Å². The number of amides is 2. The van der Waals surface area contributed by atoms with E-state index in [0.29, 0.717) is 17.9 Å². The Hall–Kier alpha value is -3.25. The van der Waals surface area contributed by atoms with Crippen molar-refractivity contribution in [2.24, 2.45) is 0 Å². The fourth-order valence-electron chi connectivity index (χ4n) is 2.67. The monoisotopic (exact) mass is 406 g/mol. The zero-order chi connectivity index (χ0) is 20.5. The van der Waals surface area contributed by atoms with Gasteiger partial charge < -0.3 is 15.4 Å². The molecule has 3 aromatic carbocycles. The van der Waals surface area contributed by atoms with E-state index in [1.54, 1.807) is 13.2 Å². The molecule has 0 radical (unpaired) electrons. The molecule has 0 aliphatic heterocycles. The second-order valence-electron chi connectivity index (χ2n) is 6.30. The first kappa shape index (κ1) is 20.5. The highest BCUT2D eigenvalue weighted by Gasteiger charge is 2.06. The third kappa shape index (κ3) is 6.69. The Kier molecular flexibility index (Phi) is 7.30. The maximum Gasteiger partial charge on any atom is 0.234 e. The zero-order valence-corrected chi connectivity index (χ0v) is 16.9. The highest BCUT2D eigenvalue weighted by Crippen LogP contribution is 2.22. The molecule has 2 N–H and O–H groups in total. The molecule has 5 nitrogen and oxygen atoms in total. The molecule has 0 aliphatic carbocycles. The summed E-state index contributed by atoms with van der Waals surface area (Å²) in [5.41, 5.74) is 2.40. The van der Waals surface area contributed by atoms with Crippen molar-refractivity contribution in [1.29, 1.82) is 0 Å². The topological polar surface area (TPSA) is 67.4 Å². The number of hydrogen-bond acceptors (Lipinski definition) is 4. The highest BCUT2D eigenvalue weighted by molar-refractivity contribution is 8.00. The number of ether oxygens (including phenoxy) is 1. The van der Waals surface area contributed by atoms with E-state index in [1.165, 1.54) is 11.8 Å². The zero-order valence-electron chi connectivity index (χ0n) is 16.1. The van der Waals surface area contributed by atoms with Gasteiger partial charge in [0.2, 0.25) is 11.8 Å². The smallest absolute Gasteiger partial charge is 0.234 e. The highest BCUT2D eigenvalue weighted by atomic mass is 32.2. The van der Waals surface area contributed by atoms with Gasteiger partial charge in [0.05, 0.1) is 19.3 Å². The predicted molar refractivity (Wildman–Crippen MR) is 118 cm³/mol. The Balaban J connectivity index is 1.46. The summed E-state index contributed by atoms with van der Waals surface area (Å²) in [7, 11) is 1.59. The molecule has 29 heavy (non-hydrogen) atoms. The molecule has 0 heterocycles. The lowest BCUT2D eigenvalue weighted by atomic mass is 10.1. The van der Waals surface area contributed by atoms with Crippen LogP contribution in [-0.4, -0.2) is 24.7 Å². The Morgan fingerprint density at radius 1 is 0.828 bits per heavy atom. The van der Waals surface area contributed by atoms with Crippen LogP contribution in [0.4, 0.5) is 11.4 Å². The number of methoxy groups -OCH3 is 1. The minimum absolute atomic E-state index is 0.0609. The number of anilines is 2. The van der Waals surface area contributed by atoms with Gasteiger partial charge in [-0.3, -0.25) is 9.59 Å². The Morgan fingerprint density at radius 2 is 1.55 bits per heavy atom. The Labute approximate surface area is 174 Å². The summed E-state index contributed by atoms with van der Waals surface area (Å²) in [6.07, 6.45) is 0.335. The largest absolute Gasteiger partial charge is 0.497 e. The molecular weight excluding hydrogens is 384 g/mol. The molecule has 0 aliphatic rings. The van der Waals surface area contributed by atoms with E-state index in [4.69, 9.17) is 4.74 Å². The van der Waals surface area contributed by atoms with Gasteiger partial charge in [-0.15, -0.1) is 11.8 Å². The number of hydrogen-bond donors (Lipinski definition) is 2. The molecule has 0 atom stereocenters. The van der Waals surface area contributed by atoms with Crippen molar-refractivity contribution in [3.8, 4) is 5.75 Å². The molecule has 0 saturated carbocycles. The Morgan fingerprint density at radius 3 is 2.28 bits per heavy atom. The van der Waals surface area contributed by atoms with Crippen molar-refractivity contribution in [2.75, 3.05) is 23.5 Å². The van der Waals surface area contributed by atoms with Gasteiger partial charge in [-0.25, -0.2) is 0 Å². The molecule has 0 fully saturated rings. The molecule has 0 spiro atoms. The molecule has 6 heteroatoms. The van der Waals surface area contributed by atoms with E-state index in [0.717, 1.165) is 16.1 Å². The van der Waals surface area contributed by atoms with Gasteiger partial charge in [0.25, 0.3) is 0 Å². The van der Waals surface area contributed by atoms with Crippen LogP contribution < -0.4 is 15.4 Å². The molecule has 2 amide bonds. The van der Waals surface area contributed by atoms with Crippen LogP contribution in [0.15, 0.2) is 83.8 Å². The lowest BCUT2D eigenvalue weighted by Crippen LogP contribution is -2.14. The molecule has 3 aromatic rings. The number of nitrogens with one attached hydrogen (secondary N) is 2. The van der Waals surface area contributed by atoms with E-state index < -0.39 is 0 Å². The van der Waals surface area contributed by atoms with Gasteiger partial charge in [-0.2, -0.15) is 0 Å². The summed E-state index contributed by atoms with van der Waals surface area (Å²) in [6, 6.07) is 24.3. The molecule has 0 unspecified atom stereocenters. The normalized spacial score (nSPS) is 10.2. The number of carbonyl (C=O) groups excluding carboxylic acids is 2. The minimum Gasteiger partial charge on any atom is -0.497 e. The molecule has 0 saturated heterocycles. The van der Waals surface area contributed by atoms with Crippen molar-refractivity contribution < 1.29 is 14.3 Å². The third-order valence-corrected chi connectivity index (χ3v) is 5.08. The summed E-state index contributed by atoms with van der Waals surface area (Å²) in [5, 5.41) is 5.74. The fraction of sp³-hybridized carbons (Fsp3) is 0.130. The number of rotatable bonds is 8. The van der Waals surface area contributed by atoms with Crippen LogP contribution in [0, 0.1) is 0 Å². The maximum atomic E-state index is 12.1. The first-order valence-corrected chi connectivity index (χ1v) is 10.1. The van der Waals surface area contributed by atoms with Crippen molar-refractivity contribution in [2.45, 2.75) is 11.3 Å². The summed E-state index contributed by atoms with van der Waals surface area (Å²) < 4.78 is 5.15. The minimum atomic E-state index is -0.0940. The molecule has 0 aromatic heterocycles. The summed E-state index contributed by atoms with van der Waals surface area (Å²) >= 11 is 1.43. The lowest BCUT2D eigenvalue weighted by molar-refractivity contribution is -0.115. The molecule has 3 rings (SSSR count). The average Bonchev–Trinajstić information content (AvgIpc) is 2.74. The van der Waals surface area contributed by atoms with E-state index >= 15 is 0 Å². The van der Waals surface area contributed by atoms with Gasteiger partial charge in [0.1, 0.15) is 5.75 Å².